The van der Waals surface area contributed by atoms with Gasteiger partial charge in [0.15, 0.2) is 0 Å². The Balaban J connectivity index is 2.22. The van der Waals surface area contributed by atoms with Crippen molar-refractivity contribution in [2.24, 2.45) is 0 Å². The number of benzene rings is 1. The lowest BCUT2D eigenvalue weighted by Crippen LogP contribution is -2.26. The maximum atomic E-state index is 4.67. The van der Waals surface area contributed by atoms with Gasteiger partial charge in [0.2, 0.25) is 0 Å². The minimum atomic E-state index is 0.307. The van der Waals surface area contributed by atoms with E-state index in [0.717, 1.165) is 18.7 Å². The molecule has 0 radical (unpaired) electrons. The van der Waals surface area contributed by atoms with E-state index in [0.29, 0.717) is 12.0 Å². The second-order valence-electron chi connectivity index (χ2n) is 4.96. The summed E-state index contributed by atoms with van der Waals surface area (Å²) in [5, 5.41) is 6.97. The topological polar surface area (TPSA) is 24.9 Å². The van der Waals surface area contributed by atoms with Crippen LogP contribution in [-0.4, -0.2) is 11.5 Å². The van der Waals surface area contributed by atoms with E-state index in [4.69, 9.17) is 0 Å². The van der Waals surface area contributed by atoms with Crippen LogP contribution in [0.25, 0.3) is 0 Å². The van der Waals surface area contributed by atoms with Crippen LogP contribution in [0.2, 0.25) is 0 Å². The second-order valence-corrected chi connectivity index (χ2v) is 5.85. The third kappa shape index (κ3) is 3.64. The molecule has 1 heterocycles. The molecule has 2 nitrogen and oxygen atoms in total. The van der Waals surface area contributed by atoms with E-state index in [9.17, 15) is 0 Å². The minimum Gasteiger partial charge on any atom is -0.307 e. The first-order valence-electron chi connectivity index (χ1n) is 6.92. The molecule has 102 valence electrons. The Morgan fingerprint density at radius 2 is 2.00 bits per heavy atom. The summed E-state index contributed by atoms with van der Waals surface area (Å²) in [4.78, 5) is 4.67. The lowest BCUT2D eigenvalue weighted by atomic mass is 9.93. The quantitative estimate of drug-likeness (QED) is 0.849. The Bertz CT molecular complexity index is 492. The highest BCUT2D eigenvalue weighted by Gasteiger charge is 2.22. The summed E-state index contributed by atoms with van der Waals surface area (Å²) < 4.78 is 0. The van der Waals surface area contributed by atoms with Gasteiger partial charge in [-0.2, -0.15) is 0 Å². The first kappa shape index (κ1) is 14.2. The first-order chi connectivity index (χ1) is 9.22. The zero-order valence-corrected chi connectivity index (χ0v) is 12.7. The van der Waals surface area contributed by atoms with Gasteiger partial charge >= 0.3 is 0 Å². The molecule has 1 aromatic carbocycles. The highest BCUT2D eigenvalue weighted by atomic mass is 32.1. The van der Waals surface area contributed by atoms with E-state index in [2.05, 4.69) is 66.8 Å². The number of nitrogens with one attached hydrogen (secondary N) is 1. The van der Waals surface area contributed by atoms with Gasteiger partial charge in [-0.15, -0.1) is 11.3 Å². The Hall–Kier alpha value is -1.19. The van der Waals surface area contributed by atoms with E-state index in [-0.39, 0.29) is 0 Å². The fraction of sp³-hybridized carbons (Fsp3) is 0.438. The van der Waals surface area contributed by atoms with Crippen LogP contribution < -0.4 is 5.32 Å². The van der Waals surface area contributed by atoms with Gasteiger partial charge in [-0.1, -0.05) is 44.2 Å². The molecule has 19 heavy (non-hydrogen) atoms. The summed E-state index contributed by atoms with van der Waals surface area (Å²) in [7, 11) is 0. The van der Waals surface area contributed by atoms with E-state index < -0.39 is 0 Å². The highest BCUT2D eigenvalue weighted by molar-refractivity contribution is 7.09. The molecule has 0 amide bonds. The van der Waals surface area contributed by atoms with Crippen molar-refractivity contribution in [3.63, 3.8) is 0 Å². The Morgan fingerprint density at radius 3 is 2.58 bits per heavy atom. The molecular weight excluding hydrogens is 252 g/mol. The first-order valence-corrected chi connectivity index (χ1v) is 7.80. The molecule has 0 aliphatic carbocycles. The smallest absolute Gasteiger partial charge is 0.110 e. The molecule has 3 heteroatoms. The number of hydrogen-bond donors (Lipinski definition) is 1. The van der Waals surface area contributed by atoms with Gasteiger partial charge in [-0.05, 0) is 25.5 Å². The number of aryl methyl sites for hydroxylation is 1. The summed E-state index contributed by atoms with van der Waals surface area (Å²) in [5.74, 6) is 0.429. The molecular formula is C16H22N2S. The van der Waals surface area contributed by atoms with Crippen LogP contribution in [0.3, 0.4) is 0 Å². The van der Waals surface area contributed by atoms with Gasteiger partial charge < -0.3 is 5.32 Å². The zero-order chi connectivity index (χ0) is 13.7. The molecule has 0 saturated heterocycles. The molecule has 2 rings (SSSR count). The Morgan fingerprint density at radius 1 is 1.26 bits per heavy atom. The van der Waals surface area contributed by atoms with Crippen molar-refractivity contribution in [3.05, 3.63) is 52.0 Å². The molecule has 0 bridgehead atoms. The Kier molecular flexibility index (Phi) is 5.11. The highest BCUT2D eigenvalue weighted by Crippen LogP contribution is 2.32. The molecule has 2 atom stereocenters. The summed E-state index contributed by atoms with van der Waals surface area (Å²) in [5.41, 5.74) is 2.48. The molecule has 2 unspecified atom stereocenters. The fourth-order valence-electron chi connectivity index (χ4n) is 2.24. The third-order valence-corrected chi connectivity index (χ3v) is 4.39. The van der Waals surface area contributed by atoms with Crippen LogP contribution in [0, 0.1) is 6.92 Å². The van der Waals surface area contributed by atoms with Crippen molar-refractivity contribution in [3.8, 4) is 0 Å². The van der Waals surface area contributed by atoms with E-state index in [1.807, 2.05) is 0 Å². The molecule has 0 aliphatic rings. The van der Waals surface area contributed by atoms with Crippen LogP contribution in [0.15, 0.2) is 35.7 Å². The van der Waals surface area contributed by atoms with Crippen LogP contribution in [-0.2, 0) is 0 Å². The van der Waals surface area contributed by atoms with Gasteiger partial charge in [-0.3, -0.25) is 0 Å². The predicted molar refractivity (Wildman–Crippen MR) is 82.7 cm³/mol. The molecule has 2 aromatic rings. The monoisotopic (exact) mass is 274 g/mol. The largest absolute Gasteiger partial charge is 0.307 e. The number of aromatic nitrogens is 1. The number of nitrogens with zero attached hydrogens (tertiary/aromatic N) is 1. The summed E-state index contributed by atoms with van der Waals surface area (Å²) in [6, 6.07) is 11.0. The standard InChI is InChI=1S/C16H22N2S/c1-4-10-17-15(16-18-12(2)11-19-16)13(3)14-8-6-5-7-9-14/h5-9,11,13,15,17H,4,10H2,1-3H3. The SMILES string of the molecule is CCCNC(c1nc(C)cs1)C(C)c1ccccc1. The Labute approximate surface area is 119 Å². The van der Waals surface area contributed by atoms with Gasteiger partial charge in [0, 0.05) is 17.0 Å². The number of hydrogen-bond acceptors (Lipinski definition) is 3. The average Bonchev–Trinajstić information content (AvgIpc) is 2.86. The lowest BCUT2D eigenvalue weighted by molar-refractivity contribution is 0.464. The van der Waals surface area contributed by atoms with Crippen LogP contribution >= 0.6 is 11.3 Å². The third-order valence-electron chi connectivity index (χ3n) is 3.34. The summed E-state index contributed by atoms with van der Waals surface area (Å²) in [6.07, 6.45) is 1.14. The molecule has 0 aliphatic heterocycles. The van der Waals surface area contributed by atoms with Crippen molar-refractivity contribution in [2.45, 2.75) is 39.2 Å². The predicted octanol–water partition coefficient (Wildman–Crippen LogP) is 4.30. The van der Waals surface area contributed by atoms with Crippen molar-refractivity contribution in [2.75, 3.05) is 6.54 Å². The van der Waals surface area contributed by atoms with Crippen LogP contribution in [0.1, 0.15) is 48.5 Å². The van der Waals surface area contributed by atoms with Gasteiger partial charge in [-0.25, -0.2) is 4.98 Å². The van der Waals surface area contributed by atoms with Crippen LogP contribution in [0.4, 0.5) is 0 Å². The maximum Gasteiger partial charge on any atom is 0.110 e. The molecule has 1 N–H and O–H groups in total. The molecule has 1 aromatic heterocycles. The van der Waals surface area contributed by atoms with Gasteiger partial charge in [0.05, 0.1) is 6.04 Å². The zero-order valence-electron chi connectivity index (χ0n) is 11.9. The van der Waals surface area contributed by atoms with Gasteiger partial charge in [0.1, 0.15) is 5.01 Å². The van der Waals surface area contributed by atoms with E-state index in [1.165, 1.54) is 10.6 Å². The average molecular weight is 274 g/mol. The van der Waals surface area contributed by atoms with Crippen molar-refractivity contribution in [1.82, 2.24) is 10.3 Å². The maximum absolute atomic E-state index is 4.67. The lowest BCUT2D eigenvalue weighted by Gasteiger charge is -2.23. The van der Waals surface area contributed by atoms with Crippen molar-refractivity contribution in [1.29, 1.82) is 0 Å². The summed E-state index contributed by atoms with van der Waals surface area (Å²) in [6.45, 7) is 7.56. The van der Waals surface area contributed by atoms with Gasteiger partial charge in [0.25, 0.3) is 0 Å². The normalized spacial score (nSPS) is 14.3. The number of rotatable bonds is 6. The van der Waals surface area contributed by atoms with E-state index in [1.54, 1.807) is 11.3 Å². The molecule has 0 saturated carbocycles. The van der Waals surface area contributed by atoms with Crippen molar-refractivity contribution < 1.29 is 0 Å². The number of thiazole rings is 1. The van der Waals surface area contributed by atoms with Crippen LogP contribution in [0.5, 0.6) is 0 Å². The fourth-order valence-corrected chi connectivity index (χ4v) is 3.22. The summed E-state index contributed by atoms with van der Waals surface area (Å²) >= 11 is 1.76. The minimum absolute atomic E-state index is 0.307. The van der Waals surface area contributed by atoms with E-state index >= 15 is 0 Å². The molecule has 0 fully saturated rings. The van der Waals surface area contributed by atoms with Crippen molar-refractivity contribution >= 4 is 11.3 Å². The second kappa shape index (κ2) is 6.83. The molecule has 0 spiro atoms.